The van der Waals surface area contributed by atoms with Crippen molar-refractivity contribution in [3.63, 3.8) is 0 Å². The Morgan fingerprint density at radius 2 is 2.19 bits per heavy atom. The lowest BCUT2D eigenvalue weighted by molar-refractivity contribution is -0.157. The molecule has 10 heteroatoms. The van der Waals surface area contributed by atoms with Gasteiger partial charge in [-0.2, -0.15) is 11.8 Å². The Balaban J connectivity index is 1.79. The summed E-state index contributed by atoms with van der Waals surface area (Å²) in [7, 11) is 0. The molecule has 0 bridgehead atoms. The van der Waals surface area contributed by atoms with Crippen LogP contribution in [0.1, 0.15) is 19.8 Å². The average Bonchev–Trinajstić information content (AvgIpc) is 3.26. The number of fused-ring (bicyclic) bond motifs is 1. The minimum absolute atomic E-state index is 0.189. The first-order valence-electron chi connectivity index (χ1n) is 9.08. The maximum atomic E-state index is 12.8. The number of halogens is 1. The highest BCUT2D eigenvalue weighted by Gasteiger charge is 2.53. The van der Waals surface area contributed by atoms with Crippen molar-refractivity contribution in [2.75, 3.05) is 36.1 Å². The van der Waals surface area contributed by atoms with E-state index in [2.05, 4.69) is 19.9 Å². The summed E-state index contributed by atoms with van der Waals surface area (Å²) in [4.78, 5) is 28.3. The number of aromatic nitrogens is 4. The molecule has 2 aliphatic rings. The van der Waals surface area contributed by atoms with E-state index in [1.807, 2.05) is 0 Å². The van der Waals surface area contributed by atoms with Crippen molar-refractivity contribution in [3.05, 3.63) is 12.7 Å². The van der Waals surface area contributed by atoms with Crippen molar-refractivity contribution < 1.29 is 14.6 Å². The van der Waals surface area contributed by atoms with Crippen LogP contribution < -0.4 is 4.90 Å². The number of ether oxygens (including phenoxy) is 1. The second-order valence-electron chi connectivity index (χ2n) is 6.82. The molecule has 0 radical (unpaired) electrons. The van der Waals surface area contributed by atoms with Gasteiger partial charge in [-0.25, -0.2) is 19.7 Å². The van der Waals surface area contributed by atoms with Gasteiger partial charge in [0.25, 0.3) is 0 Å². The smallest absolute Gasteiger partial charge is 0.336 e. The number of thioether (sulfide) groups is 1. The van der Waals surface area contributed by atoms with Gasteiger partial charge in [-0.3, -0.25) is 4.57 Å². The second-order valence-corrected chi connectivity index (χ2v) is 8.47. The summed E-state index contributed by atoms with van der Waals surface area (Å²) in [5.41, 5.74) is -0.0645. The second kappa shape index (κ2) is 7.44. The largest absolute Gasteiger partial charge is 0.464 e. The quantitative estimate of drug-likeness (QED) is 0.596. The summed E-state index contributed by atoms with van der Waals surface area (Å²) < 4.78 is 6.97. The number of carbonyl (C=O) groups excluding carboxylic acids is 1. The zero-order chi connectivity index (χ0) is 19.0. The Morgan fingerprint density at radius 3 is 2.85 bits per heavy atom. The molecule has 2 aliphatic heterocycles. The van der Waals surface area contributed by atoms with Gasteiger partial charge in [-0.15, -0.1) is 11.6 Å². The first kappa shape index (κ1) is 18.8. The third-order valence-corrected chi connectivity index (χ3v) is 6.88. The third kappa shape index (κ3) is 3.05. The Kier molecular flexibility index (Phi) is 5.17. The molecule has 27 heavy (non-hydrogen) atoms. The highest BCUT2D eigenvalue weighted by atomic mass is 35.5. The maximum absolute atomic E-state index is 12.8. The van der Waals surface area contributed by atoms with E-state index in [0.29, 0.717) is 22.7 Å². The Morgan fingerprint density at radius 1 is 1.41 bits per heavy atom. The minimum atomic E-state index is -1.22. The molecule has 0 aromatic carbocycles. The molecule has 2 aromatic rings. The number of piperidine rings is 1. The van der Waals surface area contributed by atoms with E-state index in [-0.39, 0.29) is 12.0 Å². The lowest BCUT2D eigenvalue weighted by Crippen LogP contribution is -2.51. The molecule has 2 fully saturated rings. The molecule has 0 saturated carbocycles. The van der Waals surface area contributed by atoms with E-state index < -0.39 is 17.6 Å². The fraction of sp³-hybridized carbons (Fsp3) is 0.647. The predicted octanol–water partition coefficient (Wildman–Crippen LogP) is 1.40. The molecule has 2 aromatic heterocycles. The predicted molar refractivity (Wildman–Crippen MR) is 104 cm³/mol. The van der Waals surface area contributed by atoms with E-state index in [1.165, 1.54) is 18.1 Å². The van der Waals surface area contributed by atoms with Crippen LogP contribution in [-0.4, -0.2) is 73.3 Å². The fourth-order valence-corrected chi connectivity index (χ4v) is 5.32. The van der Waals surface area contributed by atoms with Gasteiger partial charge in [-0.05, 0) is 19.8 Å². The zero-order valence-electron chi connectivity index (χ0n) is 15.0. The molecule has 8 nitrogen and oxygen atoms in total. The third-order valence-electron chi connectivity index (χ3n) is 5.25. The highest BCUT2D eigenvalue weighted by molar-refractivity contribution is 7.99. The summed E-state index contributed by atoms with van der Waals surface area (Å²) in [5, 5.41) is 10.9. The number of imidazole rings is 1. The van der Waals surface area contributed by atoms with E-state index in [9.17, 15) is 9.90 Å². The van der Waals surface area contributed by atoms with Gasteiger partial charge in [0.1, 0.15) is 6.33 Å². The molecule has 0 amide bonds. The van der Waals surface area contributed by atoms with Crippen molar-refractivity contribution in [2.45, 2.75) is 36.8 Å². The lowest BCUT2D eigenvalue weighted by Gasteiger charge is -2.31. The topological polar surface area (TPSA) is 93.4 Å². The van der Waals surface area contributed by atoms with Crippen LogP contribution in [-0.2, 0) is 15.1 Å². The molecule has 1 N–H and O–H groups in total. The first-order chi connectivity index (χ1) is 13.1. The van der Waals surface area contributed by atoms with E-state index in [1.54, 1.807) is 17.8 Å². The van der Waals surface area contributed by atoms with Crippen molar-refractivity contribution in [1.29, 1.82) is 0 Å². The number of rotatable bonds is 4. The maximum Gasteiger partial charge on any atom is 0.336 e. The molecule has 2 saturated heterocycles. The van der Waals surface area contributed by atoms with Crippen LogP contribution in [0.15, 0.2) is 12.7 Å². The monoisotopic (exact) mass is 411 g/mol. The fourth-order valence-electron chi connectivity index (χ4n) is 3.75. The number of hydrogen-bond acceptors (Lipinski definition) is 8. The van der Waals surface area contributed by atoms with Crippen LogP contribution in [0.2, 0.25) is 0 Å². The molecule has 4 rings (SSSR count). The molecule has 4 heterocycles. The molecule has 2 unspecified atom stereocenters. The van der Waals surface area contributed by atoms with Gasteiger partial charge in [0, 0.05) is 30.0 Å². The summed E-state index contributed by atoms with van der Waals surface area (Å²) in [6.45, 7) is 3.61. The normalized spacial score (nSPS) is 26.6. The zero-order valence-corrected chi connectivity index (χ0v) is 16.6. The molecule has 0 spiro atoms. The molecule has 146 valence electrons. The number of aliphatic hydroxyl groups excluding tert-OH is 1. The van der Waals surface area contributed by atoms with Crippen molar-refractivity contribution in [3.8, 4) is 0 Å². The van der Waals surface area contributed by atoms with Gasteiger partial charge in [0.15, 0.2) is 22.5 Å². The van der Waals surface area contributed by atoms with Crippen LogP contribution in [0, 0.1) is 0 Å². The van der Waals surface area contributed by atoms with E-state index >= 15 is 0 Å². The SMILES string of the molecule is CCOC(=O)C1(n2cnc3c(N4CCC(Cl)CC4)ncnc32)CSCC1O. The van der Waals surface area contributed by atoms with Gasteiger partial charge in [0.2, 0.25) is 0 Å². The number of alkyl halides is 1. The molecular formula is C17H22ClN5O3S. The highest BCUT2D eigenvalue weighted by Crippen LogP contribution is 2.39. The Hall–Kier alpha value is -1.58. The van der Waals surface area contributed by atoms with Gasteiger partial charge < -0.3 is 14.7 Å². The number of anilines is 1. The van der Waals surface area contributed by atoms with Crippen LogP contribution in [0.5, 0.6) is 0 Å². The summed E-state index contributed by atoms with van der Waals surface area (Å²) in [5.74, 6) is 1.15. The van der Waals surface area contributed by atoms with Gasteiger partial charge in [-0.1, -0.05) is 0 Å². The molecular weight excluding hydrogens is 390 g/mol. The number of aliphatic hydroxyl groups is 1. The number of hydrogen-bond donors (Lipinski definition) is 1. The Bertz CT molecular complexity index is 841. The van der Waals surface area contributed by atoms with Crippen LogP contribution in [0.25, 0.3) is 11.2 Å². The first-order valence-corrected chi connectivity index (χ1v) is 10.7. The Labute approximate surface area is 166 Å². The van der Waals surface area contributed by atoms with E-state index in [0.717, 1.165) is 31.7 Å². The van der Waals surface area contributed by atoms with Crippen LogP contribution in [0.3, 0.4) is 0 Å². The number of esters is 1. The minimum Gasteiger partial charge on any atom is -0.464 e. The van der Waals surface area contributed by atoms with Crippen molar-refractivity contribution in [1.82, 2.24) is 19.5 Å². The van der Waals surface area contributed by atoms with Crippen LogP contribution >= 0.6 is 23.4 Å². The van der Waals surface area contributed by atoms with Crippen molar-refractivity contribution >= 4 is 46.3 Å². The number of nitrogens with zero attached hydrogens (tertiary/aromatic N) is 5. The van der Waals surface area contributed by atoms with Gasteiger partial charge >= 0.3 is 5.97 Å². The van der Waals surface area contributed by atoms with Crippen molar-refractivity contribution in [2.24, 2.45) is 0 Å². The van der Waals surface area contributed by atoms with Gasteiger partial charge in [0.05, 0.1) is 19.0 Å². The van der Waals surface area contributed by atoms with Crippen LogP contribution in [0.4, 0.5) is 5.82 Å². The summed E-state index contributed by atoms with van der Waals surface area (Å²) in [6, 6.07) is 0. The molecule has 0 aliphatic carbocycles. The standard InChI is InChI=1S/C17H22ClN5O3S/c1-2-26-16(25)17(8-27-7-12(17)24)23-10-21-13-14(19-9-20-15(13)23)22-5-3-11(18)4-6-22/h9-12,24H,2-8H2,1H3. The average molecular weight is 412 g/mol. The summed E-state index contributed by atoms with van der Waals surface area (Å²) >= 11 is 7.73. The summed E-state index contributed by atoms with van der Waals surface area (Å²) in [6.07, 6.45) is 3.95. The molecule has 2 atom stereocenters. The number of carbonyl (C=O) groups is 1. The lowest BCUT2D eigenvalue weighted by atomic mass is 9.95. The van der Waals surface area contributed by atoms with E-state index in [4.69, 9.17) is 16.3 Å².